The maximum Gasteiger partial charge on any atom is 0.326 e. The van der Waals surface area contributed by atoms with Crippen LogP contribution in [0.3, 0.4) is 0 Å². The minimum absolute atomic E-state index is 0.0259. The van der Waals surface area contributed by atoms with Gasteiger partial charge in [0.2, 0.25) is 23.6 Å². The molecule has 1 aliphatic carbocycles. The first-order valence-electron chi connectivity index (χ1n) is 23.6. The molecule has 0 radical (unpaired) electrons. The third kappa shape index (κ3) is 28.7. The van der Waals surface area contributed by atoms with E-state index in [-0.39, 0.29) is 55.6 Å². The maximum atomic E-state index is 13.0. The molecule has 8 N–H and O–H groups in total. The fraction of sp³-hybridized carbons (Fsp3) is 0.804. The van der Waals surface area contributed by atoms with E-state index in [2.05, 4.69) is 21.3 Å². The Morgan fingerprint density at radius 2 is 0.810 bits per heavy atom. The van der Waals surface area contributed by atoms with Crippen LogP contribution in [-0.2, 0) is 43.2 Å². The van der Waals surface area contributed by atoms with Gasteiger partial charge in [-0.3, -0.25) is 28.8 Å². The van der Waals surface area contributed by atoms with Gasteiger partial charge in [-0.1, -0.05) is 104 Å². The van der Waals surface area contributed by atoms with Crippen molar-refractivity contribution in [1.29, 1.82) is 0 Å². The van der Waals surface area contributed by atoms with Crippen LogP contribution in [0.2, 0.25) is 0 Å². The number of carbonyl (C=O) groups is 9. The molecule has 0 heterocycles. The van der Waals surface area contributed by atoms with Gasteiger partial charge in [-0.05, 0) is 63.7 Å². The molecular weight excluding hydrogens is 817 g/mol. The maximum absolute atomic E-state index is 13.0. The molecule has 0 aromatic heterocycles. The van der Waals surface area contributed by atoms with E-state index in [1.807, 2.05) is 0 Å². The van der Waals surface area contributed by atoms with Gasteiger partial charge >= 0.3 is 23.9 Å². The van der Waals surface area contributed by atoms with Crippen LogP contribution in [-0.4, -0.2) is 98.4 Å². The van der Waals surface area contributed by atoms with Crippen LogP contribution in [0.15, 0.2) is 0 Å². The number of nitrogens with one attached hydrogen (secondary N) is 4. The molecular formula is C46H78N4O13. The van der Waals surface area contributed by atoms with Gasteiger partial charge in [-0.15, -0.1) is 0 Å². The van der Waals surface area contributed by atoms with Crippen LogP contribution in [0, 0.1) is 17.8 Å². The smallest absolute Gasteiger partial charge is 0.326 e. The van der Waals surface area contributed by atoms with E-state index in [4.69, 9.17) is 5.11 Å². The van der Waals surface area contributed by atoms with E-state index >= 15 is 0 Å². The second-order valence-electron chi connectivity index (χ2n) is 17.6. The van der Waals surface area contributed by atoms with Crippen LogP contribution in [0.5, 0.6) is 0 Å². The summed E-state index contributed by atoms with van der Waals surface area (Å²) in [5, 5.41) is 47.4. The number of amides is 4. The van der Waals surface area contributed by atoms with Crippen molar-refractivity contribution >= 4 is 53.3 Å². The first-order valence-corrected chi connectivity index (χ1v) is 23.6. The third-order valence-corrected chi connectivity index (χ3v) is 11.9. The molecule has 17 heteroatoms. The number of carbonyl (C=O) groups excluding carboxylic acids is 5. The van der Waals surface area contributed by atoms with Gasteiger partial charge in [0.05, 0.1) is 0 Å². The summed E-state index contributed by atoms with van der Waals surface area (Å²) >= 11 is 0. The Labute approximate surface area is 373 Å². The molecule has 0 aromatic carbocycles. The molecule has 1 rings (SSSR count). The normalized spacial score (nSPS) is 16.3. The summed E-state index contributed by atoms with van der Waals surface area (Å²) < 4.78 is 0. The molecule has 0 unspecified atom stereocenters. The number of hydrogen-bond donors (Lipinski definition) is 8. The van der Waals surface area contributed by atoms with Crippen LogP contribution < -0.4 is 21.3 Å². The lowest BCUT2D eigenvalue weighted by Gasteiger charge is -2.28. The molecule has 3 atom stereocenters. The molecule has 1 fully saturated rings. The second-order valence-corrected chi connectivity index (χ2v) is 17.6. The molecule has 0 saturated heterocycles. The van der Waals surface area contributed by atoms with Gasteiger partial charge in [0, 0.05) is 50.5 Å². The summed E-state index contributed by atoms with van der Waals surface area (Å²) in [6, 6.07) is -4.26. The van der Waals surface area contributed by atoms with Crippen LogP contribution in [0.25, 0.3) is 0 Å². The Balaban J connectivity index is 2.23. The predicted molar refractivity (Wildman–Crippen MR) is 235 cm³/mol. The molecule has 4 amide bonds. The Morgan fingerprint density at radius 3 is 1.19 bits per heavy atom. The standard InChI is InChI=1S/C46H78N4O13/c1-32(2)38(51)28-25-35(44(58)59)48-40(53)29-26-36(45(60)61)49-41(54)30-27-37(46(62)63)50-43(57)34-23-21-33(22-24-34)31-47-39(52)19-17-15-13-11-9-7-5-3-4-6-8-10-12-14-16-18-20-42(55)56/h32-37H,3-31H2,1-2H3,(H,47,52)(H,48,53)(H,49,54)(H,50,57)(H,55,56)(H,58,59)(H,60,61)(H,62,63)/t33-,34-,35-,36-,37-/m0/s1. The molecule has 0 spiro atoms. The summed E-state index contributed by atoms with van der Waals surface area (Å²) in [5.74, 6) is -7.52. The number of aliphatic carboxylic acids is 4. The van der Waals surface area contributed by atoms with Crippen molar-refractivity contribution in [2.24, 2.45) is 17.8 Å². The average Bonchev–Trinajstić information content (AvgIpc) is 3.23. The number of hydrogen-bond acceptors (Lipinski definition) is 9. The highest BCUT2D eigenvalue weighted by Gasteiger charge is 2.31. The molecule has 0 aliphatic heterocycles. The van der Waals surface area contributed by atoms with E-state index in [0.29, 0.717) is 38.6 Å². The van der Waals surface area contributed by atoms with Crippen molar-refractivity contribution < 1.29 is 63.6 Å². The second kappa shape index (κ2) is 33.9. The van der Waals surface area contributed by atoms with E-state index < -0.39 is 78.5 Å². The monoisotopic (exact) mass is 895 g/mol. The Kier molecular flexibility index (Phi) is 30.4. The predicted octanol–water partition coefficient (Wildman–Crippen LogP) is 6.29. The zero-order valence-electron chi connectivity index (χ0n) is 37.9. The zero-order valence-corrected chi connectivity index (χ0v) is 37.9. The first kappa shape index (κ1) is 56.4. The van der Waals surface area contributed by atoms with Crippen LogP contribution in [0.1, 0.15) is 194 Å². The van der Waals surface area contributed by atoms with Gasteiger partial charge in [-0.25, -0.2) is 14.4 Å². The highest BCUT2D eigenvalue weighted by atomic mass is 16.4. The minimum Gasteiger partial charge on any atom is -0.481 e. The van der Waals surface area contributed by atoms with Gasteiger partial charge in [-0.2, -0.15) is 0 Å². The molecule has 0 bridgehead atoms. The summed E-state index contributed by atoms with van der Waals surface area (Å²) in [6.07, 6.45) is 19.9. The number of unbranched alkanes of at least 4 members (excludes halogenated alkanes) is 15. The summed E-state index contributed by atoms with van der Waals surface area (Å²) in [6.45, 7) is 3.87. The van der Waals surface area contributed by atoms with Crippen LogP contribution >= 0.6 is 0 Å². The van der Waals surface area contributed by atoms with Crippen molar-refractivity contribution in [3.05, 3.63) is 0 Å². The molecule has 17 nitrogen and oxygen atoms in total. The Bertz CT molecular complexity index is 1430. The number of carboxylic acids is 4. The summed E-state index contributed by atoms with van der Waals surface area (Å²) in [4.78, 5) is 108. The third-order valence-electron chi connectivity index (χ3n) is 11.9. The SMILES string of the molecule is CC(C)C(=O)CC[C@H](NC(=O)CC[C@H](NC(=O)CC[C@H](NC(=O)[C@H]1CC[C@H](CNC(=O)CCCCCCCCCCCCCCCCCCC(=O)O)CC1)C(=O)O)C(=O)O)C(=O)O. The largest absolute Gasteiger partial charge is 0.481 e. The van der Waals surface area contributed by atoms with Gasteiger partial charge in [0.15, 0.2) is 0 Å². The molecule has 0 aromatic rings. The number of rotatable bonds is 38. The van der Waals surface area contributed by atoms with E-state index in [1.165, 1.54) is 64.2 Å². The molecule has 63 heavy (non-hydrogen) atoms. The van der Waals surface area contributed by atoms with Crippen molar-refractivity contribution in [1.82, 2.24) is 21.3 Å². The number of Topliss-reactive ketones (excluding diaryl/α,β-unsaturated/α-hetero) is 1. The number of ketones is 1. The van der Waals surface area contributed by atoms with E-state index in [9.17, 15) is 58.5 Å². The van der Waals surface area contributed by atoms with Crippen molar-refractivity contribution in [3.63, 3.8) is 0 Å². The highest BCUT2D eigenvalue weighted by molar-refractivity contribution is 5.88. The fourth-order valence-corrected chi connectivity index (χ4v) is 7.73. The van der Waals surface area contributed by atoms with E-state index in [0.717, 1.165) is 38.5 Å². The lowest BCUT2D eigenvalue weighted by molar-refractivity contribution is -0.144. The summed E-state index contributed by atoms with van der Waals surface area (Å²) in [7, 11) is 0. The molecule has 1 aliphatic rings. The topological polar surface area (TPSA) is 283 Å². The zero-order chi connectivity index (χ0) is 47.0. The van der Waals surface area contributed by atoms with Crippen LogP contribution in [0.4, 0.5) is 0 Å². The average molecular weight is 895 g/mol. The van der Waals surface area contributed by atoms with Crippen molar-refractivity contribution in [2.75, 3.05) is 6.54 Å². The lowest BCUT2D eigenvalue weighted by atomic mass is 9.81. The Hall–Kier alpha value is -4.57. The van der Waals surface area contributed by atoms with Crippen molar-refractivity contribution in [2.45, 2.75) is 212 Å². The van der Waals surface area contributed by atoms with Gasteiger partial charge < -0.3 is 41.7 Å². The van der Waals surface area contributed by atoms with Crippen molar-refractivity contribution in [3.8, 4) is 0 Å². The highest BCUT2D eigenvalue weighted by Crippen LogP contribution is 2.29. The Morgan fingerprint density at radius 1 is 0.444 bits per heavy atom. The number of carboxylic acid groups (broad SMARTS) is 4. The minimum atomic E-state index is -1.52. The molecule has 1 saturated carbocycles. The summed E-state index contributed by atoms with van der Waals surface area (Å²) in [5.41, 5.74) is 0. The molecule has 360 valence electrons. The fourth-order valence-electron chi connectivity index (χ4n) is 7.73. The quantitative estimate of drug-likeness (QED) is 0.0317. The van der Waals surface area contributed by atoms with E-state index in [1.54, 1.807) is 13.8 Å². The van der Waals surface area contributed by atoms with Gasteiger partial charge in [0.1, 0.15) is 23.9 Å². The lowest BCUT2D eigenvalue weighted by Crippen LogP contribution is -2.46. The van der Waals surface area contributed by atoms with Gasteiger partial charge in [0.25, 0.3) is 0 Å². The first-order chi connectivity index (χ1) is 30.0.